The summed E-state index contributed by atoms with van der Waals surface area (Å²) in [7, 11) is 0. The van der Waals surface area contributed by atoms with E-state index < -0.39 is 29.8 Å². The van der Waals surface area contributed by atoms with Gasteiger partial charge in [-0.3, -0.25) is 0 Å². The van der Waals surface area contributed by atoms with Gasteiger partial charge in [0.2, 0.25) is 0 Å². The summed E-state index contributed by atoms with van der Waals surface area (Å²) in [5, 5.41) is 11.9. The van der Waals surface area contributed by atoms with Gasteiger partial charge < -0.3 is 24.6 Å². The molecule has 116 valence electrons. The van der Waals surface area contributed by atoms with Crippen LogP contribution in [0.5, 0.6) is 0 Å². The van der Waals surface area contributed by atoms with Crippen molar-refractivity contribution in [2.75, 3.05) is 13.2 Å². The van der Waals surface area contributed by atoms with Crippen LogP contribution in [0.1, 0.15) is 34.1 Å². The second-order valence-electron chi connectivity index (χ2n) is 5.79. The minimum Gasteiger partial charge on any atom is -0.458 e. The van der Waals surface area contributed by atoms with Gasteiger partial charge in [-0.2, -0.15) is 0 Å². The molecule has 1 fully saturated rings. The first-order chi connectivity index (χ1) is 9.19. The molecule has 0 bridgehead atoms. The largest absolute Gasteiger partial charge is 0.458 e. The van der Waals surface area contributed by atoms with Crippen LogP contribution in [0.4, 0.5) is 4.79 Å². The Hall–Kier alpha value is -1.34. The molecule has 1 aliphatic rings. The highest BCUT2D eigenvalue weighted by Crippen LogP contribution is 2.11. The molecular weight excluding hydrogens is 266 g/mol. The molecule has 0 aromatic rings. The lowest BCUT2D eigenvalue weighted by molar-refractivity contribution is -0.154. The van der Waals surface area contributed by atoms with Crippen LogP contribution in [-0.2, 0) is 19.0 Å². The summed E-state index contributed by atoms with van der Waals surface area (Å²) in [6, 6.07) is -1.16. The van der Waals surface area contributed by atoms with Crippen LogP contribution in [0.25, 0.3) is 0 Å². The summed E-state index contributed by atoms with van der Waals surface area (Å²) in [6.45, 7) is 7.39. The fourth-order valence-corrected chi connectivity index (χ4v) is 1.65. The highest BCUT2D eigenvalue weighted by atomic mass is 16.6. The minimum atomic E-state index is -1.16. The maximum absolute atomic E-state index is 11.9. The van der Waals surface area contributed by atoms with Crippen LogP contribution in [0, 0.1) is 0 Å². The molecule has 3 atom stereocenters. The second-order valence-corrected chi connectivity index (χ2v) is 5.79. The molecule has 1 aliphatic heterocycles. The van der Waals surface area contributed by atoms with Gasteiger partial charge in [0.1, 0.15) is 11.7 Å². The molecule has 0 saturated carbocycles. The maximum Gasteiger partial charge on any atom is 0.408 e. The van der Waals surface area contributed by atoms with Crippen molar-refractivity contribution in [3.05, 3.63) is 0 Å². The average Bonchev–Trinajstić information content (AvgIpc) is 2.75. The lowest BCUT2D eigenvalue weighted by Gasteiger charge is -2.24. The summed E-state index contributed by atoms with van der Waals surface area (Å²) < 4.78 is 15.3. The number of carbonyl (C=O) groups is 2. The van der Waals surface area contributed by atoms with E-state index in [1.807, 2.05) is 0 Å². The quantitative estimate of drug-likeness (QED) is 0.736. The first kappa shape index (κ1) is 16.7. The molecule has 7 nitrogen and oxygen atoms in total. The fraction of sp³-hybridized carbons (Fsp3) is 0.846. The van der Waals surface area contributed by atoms with E-state index in [0.29, 0.717) is 19.6 Å². The standard InChI is InChI=1S/C13H23NO6/c1-8(15)10(14-12(17)20-13(2,3)4)11(16)19-9-5-6-18-7-9/h8-10,15H,5-7H2,1-4H3,(H,14,17). The Kier molecular flexibility index (Phi) is 5.76. The van der Waals surface area contributed by atoms with Crippen molar-refractivity contribution < 1.29 is 28.9 Å². The predicted octanol–water partition coefficient (Wildman–Crippen LogP) is 0.593. The lowest BCUT2D eigenvalue weighted by Crippen LogP contribution is -2.50. The van der Waals surface area contributed by atoms with E-state index in [1.165, 1.54) is 6.92 Å². The zero-order chi connectivity index (χ0) is 15.3. The molecule has 0 aliphatic carbocycles. The van der Waals surface area contributed by atoms with Gasteiger partial charge in [-0.05, 0) is 27.7 Å². The summed E-state index contributed by atoms with van der Waals surface area (Å²) >= 11 is 0. The van der Waals surface area contributed by atoms with E-state index in [0.717, 1.165) is 0 Å². The number of alkyl carbamates (subject to hydrolysis) is 1. The third-order valence-electron chi connectivity index (χ3n) is 2.58. The lowest BCUT2D eigenvalue weighted by atomic mass is 10.2. The van der Waals surface area contributed by atoms with Crippen LogP contribution in [0.2, 0.25) is 0 Å². The number of carbonyl (C=O) groups excluding carboxylic acids is 2. The van der Waals surface area contributed by atoms with Crippen LogP contribution in [0.3, 0.4) is 0 Å². The van der Waals surface area contributed by atoms with Crippen LogP contribution in [0.15, 0.2) is 0 Å². The van der Waals surface area contributed by atoms with Crippen LogP contribution < -0.4 is 5.32 Å². The SMILES string of the molecule is CC(O)C(NC(=O)OC(C)(C)C)C(=O)OC1CCOC1. The number of aliphatic hydroxyl groups excluding tert-OH is 1. The molecule has 7 heteroatoms. The van der Waals surface area contributed by atoms with Crippen LogP contribution in [-0.4, -0.2) is 54.2 Å². The van der Waals surface area contributed by atoms with E-state index in [4.69, 9.17) is 14.2 Å². The van der Waals surface area contributed by atoms with E-state index in [1.54, 1.807) is 20.8 Å². The van der Waals surface area contributed by atoms with Crippen molar-refractivity contribution in [1.82, 2.24) is 5.32 Å². The van der Waals surface area contributed by atoms with Crippen molar-refractivity contribution in [2.45, 2.75) is 58.0 Å². The molecule has 0 aromatic heterocycles. The summed E-state index contributed by atoms with van der Waals surface area (Å²) in [4.78, 5) is 23.6. The number of esters is 1. The number of amides is 1. The first-order valence-electron chi connectivity index (χ1n) is 6.65. The summed E-state index contributed by atoms with van der Waals surface area (Å²) in [5.74, 6) is -0.693. The van der Waals surface area contributed by atoms with Gasteiger partial charge in [-0.1, -0.05) is 0 Å². The van der Waals surface area contributed by atoms with E-state index in [2.05, 4.69) is 5.32 Å². The van der Waals surface area contributed by atoms with Gasteiger partial charge in [0.25, 0.3) is 0 Å². The highest BCUT2D eigenvalue weighted by molar-refractivity contribution is 5.82. The molecule has 3 unspecified atom stereocenters. The Morgan fingerprint density at radius 1 is 1.40 bits per heavy atom. The topological polar surface area (TPSA) is 94.1 Å². The van der Waals surface area contributed by atoms with Gasteiger partial charge >= 0.3 is 12.1 Å². The van der Waals surface area contributed by atoms with Crippen molar-refractivity contribution >= 4 is 12.1 Å². The number of hydrogen-bond acceptors (Lipinski definition) is 6. The van der Waals surface area contributed by atoms with Crippen LogP contribution >= 0.6 is 0 Å². The Balaban J connectivity index is 2.54. The van der Waals surface area contributed by atoms with E-state index in [-0.39, 0.29) is 6.10 Å². The third-order valence-corrected chi connectivity index (χ3v) is 2.58. The van der Waals surface area contributed by atoms with Crippen molar-refractivity contribution in [2.24, 2.45) is 0 Å². The number of ether oxygens (including phenoxy) is 3. The Morgan fingerprint density at radius 2 is 2.05 bits per heavy atom. The van der Waals surface area contributed by atoms with Gasteiger partial charge in [0.15, 0.2) is 6.04 Å². The zero-order valence-electron chi connectivity index (χ0n) is 12.3. The number of aliphatic hydroxyl groups is 1. The van der Waals surface area contributed by atoms with Gasteiger partial charge in [0, 0.05) is 6.42 Å². The van der Waals surface area contributed by atoms with Gasteiger partial charge in [-0.25, -0.2) is 9.59 Å². The third kappa shape index (κ3) is 5.75. The molecule has 1 rings (SSSR count). The monoisotopic (exact) mass is 289 g/mol. The number of hydrogen-bond donors (Lipinski definition) is 2. The van der Waals surface area contributed by atoms with Crippen molar-refractivity contribution in [3.8, 4) is 0 Å². The number of rotatable bonds is 4. The molecule has 2 N–H and O–H groups in total. The Bertz CT molecular complexity index is 343. The molecule has 1 saturated heterocycles. The molecular formula is C13H23NO6. The normalized spacial score (nSPS) is 21.9. The molecule has 20 heavy (non-hydrogen) atoms. The fourth-order valence-electron chi connectivity index (χ4n) is 1.65. The van der Waals surface area contributed by atoms with E-state index >= 15 is 0 Å². The minimum absolute atomic E-state index is 0.329. The van der Waals surface area contributed by atoms with Gasteiger partial charge in [-0.15, -0.1) is 0 Å². The summed E-state index contributed by atoms with van der Waals surface area (Å²) in [5.41, 5.74) is -0.684. The predicted molar refractivity (Wildman–Crippen MR) is 70.2 cm³/mol. The highest BCUT2D eigenvalue weighted by Gasteiger charge is 2.32. The molecule has 0 aromatic carbocycles. The van der Waals surface area contributed by atoms with Crippen molar-refractivity contribution in [1.29, 1.82) is 0 Å². The van der Waals surface area contributed by atoms with Crippen molar-refractivity contribution in [3.63, 3.8) is 0 Å². The zero-order valence-corrected chi connectivity index (χ0v) is 12.3. The van der Waals surface area contributed by atoms with Gasteiger partial charge in [0.05, 0.1) is 19.3 Å². The molecule has 0 spiro atoms. The maximum atomic E-state index is 11.9. The smallest absolute Gasteiger partial charge is 0.408 e. The first-order valence-corrected chi connectivity index (χ1v) is 6.65. The molecule has 1 amide bonds. The molecule has 0 radical (unpaired) electrons. The van der Waals surface area contributed by atoms with E-state index in [9.17, 15) is 14.7 Å². The second kappa shape index (κ2) is 6.90. The Morgan fingerprint density at radius 3 is 2.50 bits per heavy atom. The summed E-state index contributed by atoms with van der Waals surface area (Å²) in [6.07, 6.45) is -1.57. The average molecular weight is 289 g/mol. The number of nitrogens with one attached hydrogen (secondary N) is 1. The Labute approximate surface area is 118 Å². The molecule has 1 heterocycles.